The number of nitrogens with zero attached hydrogens (tertiary/aromatic N) is 1. The highest BCUT2D eigenvalue weighted by Crippen LogP contribution is 2.38. The highest BCUT2D eigenvalue weighted by molar-refractivity contribution is 9.11. The van der Waals surface area contributed by atoms with E-state index in [1.165, 1.54) is 0 Å². The van der Waals surface area contributed by atoms with Crippen molar-refractivity contribution in [3.63, 3.8) is 0 Å². The Morgan fingerprint density at radius 3 is 2.89 bits per heavy atom. The number of hydrogen-bond donors (Lipinski definition) is 1. The minimum absolute atomic E-state index is 0.182. The zero-order valence-electron chi connectivity index (χ0n) is 9.92. The molecule has 0 spiro atoms. The number of nitrogens with one attached hydrogen (secondary N) is 1. The minimum atomic E-state index is 0.182. The van der Waals surface area contributed by atoms with Gasteiger partial charge in [-0.3, -0.25) is 0 Å². The zero-order valence-corrected chi connectivity index (χ0v) is 13.8. The summed E-state index contributed by atoms with van der Waals surface area (Å²) < 4.78 is 7.93. The average molecular weight is 407 g/mol. The van der Waals surface area contributed by atoms with Gasteiger partial charge in [0.25, 0.3) is 0 Å². The monoisotopic (exact) mass is 404 g/mol. The zero-order chi connectivity index (χ0) is 13.4. The fraction of sp³-hybridized carbons (Fsp3) is 0.308. The Hall–Kier alpha value is -0.360. The summed E-state index contributed by atoms with van der Waals surface area (Å²) in [6, 6.07) is 5.71. The van der Waals surface area contributed by atoms with Crippen molar-refractivity contribution in [2.45, 2.75) is 12.5 Å². The first kappa shape index (κ1) is 13.6. The first-order valence-electron chi connectivity index (χ1n) is 5.97. The van der Waals surface area contributed by atoms with Gasteiger partial charge in [-0.15, -0.1) is 0 Å². The molecule has 0 saturated carbocycles. The van der Waals surface area contributed by atoms with Crippen LogP contribution >= 0.6 is 43.5 Å². The van der Waals surface area contributed by atoms with E-state index < -0.39 is 0 Å². The largest absolute Gasteiger partial charge is 0.486 e. The number of rotatable bonds is 2. The number of benzene rings is 1. The SMILES string of the molecule is Clc1ccc2c(Br)cc(Br)c(OC3CCNC3)c2n1. The smallest absolute Gasteiger partial charge is 0.160 e. The van der Waals surface area contributed by atoms with Crippen LogP contribution in [0.5, 0.6) is 5.75 Å². The van der Waals surface area contributed by atoms with E-state index in [4.69, 9.17) is 16.3 Å². The second kappa shape index (κ2) is 5.56. The van der Waals surface area contributed by atoms with E-state index >= 15 is 0 Å². The summed E-state index contributed by atoms with van der Waals surface area (Å²) in [6.45, 7) is 1.86. The third-order valence-corrected chi connectivity index (χ3v) is 4.56. The molecule has 1 unspecified atom stereocenters. The predicted octanol–water partition coefficient (Wildman–Crippen LogP) is 4.15. The van der Waals surface area contributed by atoms with Crippen LogP contribution < -0.4 is 10.1 Å². The van der Waals surface area contributed by atoms with Crippen molar-refractivity contribution in [2.75, 3.05) is 13.1 Å². The molecule has 0 aliphatic carbocycles. The fourth-order valence-electron chi connectivity index (χ4n) is 2.18. The lowest BCUT2D eigenvalue weighted by Crippen LogP contribution is -2.20. The van der Waals surface area contributed by atoms with Gasteiger partial charge >= 0.3 is 0 Å². The van der Waals surface area contributed by atoms with E-state index in [-0.39, 0.29) is 6.10 Å². The second-order valence-electron chi connectivity index (χ2n) is 4.43. The number of hydrogen-bond acceptors (Lipinski definition) is 3. The number of aromatic nitrogens is 1. The van der Waals surface area contributed by atoms with Crippen molar-refractivity contribution in [3.05, 3.63) is 32.3 Å². The molecule has 2 aromatic rings. The van der Waals surface area contributed by atoms with Crippen molar-refractivity contribution in [2.24, 2.45) is 0 Å². The Morgan fingerprint density at radius 2 is 2.16 bits per heavy atom. The average Bonchev–Trinajstić information content (AvgIpc) is 2.87. The molecule has 1 aliphatic rings. The molecule has 3 rings (SSSR count). The summed E-state index contributed by atoms with van der Waals surface area (Å²) in [5, 5.41) is 4.75. The van der Waals surface area contributed by atoms with Crippen molar-refractivity contribution < 1.29 is 4.74 Å². The molecule has 1 atom stereocenters. The molecular weight excluding hydrogens is 395 g/mol. The first-order valence-corrected chi connectivity index (χ1v) is 7.93. The van der Waals surface area contributed by atoms with E-state index in [1.54, 1.807) is 6.07 Å². The number of fused-ring (bicyclic) bond motifs is 1. The lowest BCUT2D eigenvalue weighted by molar-refractivity contribution is 0.224. The molecule has 3 nitrogen and oxygen atoms in total. The lowest BCUT2D eigenvalue weighted by atomic mass is 10.2. The maximum absolute atomic E-state index is 6.08. The highest BCUT2D eigenvalue weighted by atomic mass is 79.9. The molecule has 1 N–H and O–H groups in total. The van der Waals surface area contributed by atoms with Crippen LogP contribution in [0.3, 0.4) is 0 Å². The summed E-state index contributed by atoms with van der Waals surface area (Å²) in [5.41, 5.74) is 0.778. The molecule has 1 fully saturated rings. The Balaban J connectivity index is 2.12. The van der Waals surface area contributed by atoms with Gasteiger partial charge in [0.05, 0.1) is 4.47 Å². The van der Waals surface area contributed by atoms with Crippen LogP contribution in [0.2, 0.25) is 5.15 Å². The Morgan fingerprint density at radius 1 is 1.32 bits per heavy atom. The van der Waals surface area contributed by atoms with E-state index in [0.29, 0.717) is 5.15 Å². The lowest BCUT2D eigenvalue weighted by Gasteiger charge is -2.16. The molecule has 6 heteroatoms. The topological polar surface area (TPSA) is 34.1 Å². The molecule has 1 saturated heterocycles. The van der Waals surface area contributed by atoms with Crippen LogP contribution in [0.25, 0.3) is 10.9 Å². The number of halogens is 3. The van der Waals surface area contributed by atoms with Crippen LogP contribution in [-0.2, 0) is 0 Å². The second-order valence-corrected chi connectivity index (χ2v) is 6.53. The highest BCUT2D eigenvalue weighted by Gasteiger charge is 2.20. The summed E-state index contributed by atoms with van der Waals surface area (Å²) >= 11 is 13.1. The predicted molar refractivity (Wildman–Crippen MR) is 84.1 cm³/mol. The molecule has 1 aromatic carbocycles. The minimum Gasteiger partial charge on any atom is -0.486 e. The fourth-order valence-corrected chi connectivity index (χ4v) is 3.69. The molecular formula is C13H11Br2ClN2O. The van der Waals surface area contributed by atoms with Gasteiger partial charge in [0.2, 0.25) is 0 Å². The Labute approximate surface area is 132 Å². The summed E-state index contributed by atoms with van der Waals surface area (Å²) in [5.74, 6) is 0.759. The molecule has 1 aromatic heterocycles. The number of pyridine rings is 1. The molecule has 0 amide bonds. The van der Waals surface area contributed by atoms with E-state index in [1.807, 2.05) is 12.1 Å². The molecule has 100 valence electrons. The van der Waals surface area contributed by atoms with Crippen molar-refractivity contribution in [1.29, 1.82) is 0 Å². The molecule has 0 bridgehead atoms. The van der Waals surface area contributed by atoms with Gasteiger partial charge in [0.15, 0.2) is 5.75 Å². The van der Waals surface area contributed by atoms with E-state index in [9.17, 15) is 0 Å². The Bertz CT molecular complexity index is 630. The van der Waals surface area contributed by atoms with Crippen LogP contribution in [0.1, 0.15) is 6.42 Å². The summed E-state index contributed by atoms with van der Waals surface area (Å²) in [7, 11) is 0. The standard InChI is InChI=1S/C13H11Br2ClN2O/c14-9-5-10(15)13(19-7-3-4-17-6-7)12-8(9)1-2-11(16)18-12/h1-2,5,7,17H,3-4,6H2. The van der Waals surface area contributed by atoms with Crippen LogP contribution in [0, 0.1) is 0 Å². The quantitative estimate of drug-likeness (QED) is 0.761. The van der Waals surface area contributed by atoms with Crippen molar-refractivity contribution >= 4 is 54.4 Å². The third kappa shape index (κ3) is 2.75. The number of ether oxygens (including phenoxy) is 1. The van der Waals surface area contributed by atoms with Gasteiger partial charge in [-0.1, -0.05) is 27.5 Å². The van der Waals surface area contributed by atoms with Gasteiger partial charge in [-0.25, -0.2) is 4.98 Å². The third-order valence-electron chi connectivity index (χ3n) is 3.10. The normalized spacial score (nSPS) is 19.0. The molecule has 2 heterocycles. The van der Waals surface area contributed by atoms with Crippen LogP contribution in [-0.4, -0.2) is 24.2 Å². The van der Waals surface area contributed by atoms with Gasteiger partial charge in [-0.05, 0) is 47.1 Å². The van der Waals surface area contributed by atoms with Crippen molar-refractivity contribution in [3.8, 4) is 5.75 Å². The first-order chi connectivity index (χ1) is 9.15. The van der Waals surface area contributed by atoms with Crippen LogP contribution in [0.4, 0.5) is 0 Å². The summed E-state index contributed by atoms with van der Waals surface area (Å²) in [6.07, 6.45) is 1.19. The van der Waals surface area contributed by atoms with Gasteiger partial charge in [0, 0.05) is 16.4 Å². The van der Waals surface area contributed by atoms with Crippen LogP contribution in [0.15, 0.2) is 27.1 Å². The maximum Gasteiger partial charge on any atom is 0.160 e. The maximum atomic E-state index is 6.08. The van der Waals surface area contributed by atoms with Gasteiger partial charge in [0.1, 0.15) is 16.8 Å². The molecule has 0 radical (unpaired) electrons. The van der Waals surface area contributed by atoms with E-state index in [2.05, 4.69) is 42.2 Å². The molecule has 19 heavy (non-hydrogen) atoms. The van der Waals surface area contributed by atoms with Crippen molar-refractivity contribution in [1.82, 2.24) is 10.3 Å². The summed E-state index contributed by atoms with van der Waals surface area (Å²) in [4.78, 5) is 4.40. The Kier molecular flexibility index (Phi) is 3.98. The van der Waals surface area contributed by atoms with Gasteiger partial charge < -0.3 is 10.1 Å². The van der Waals surface area contributed by atoms with E-state index in [0.717, 1.165) is 45.1 Å². The molecule has 1 aliphatic heterocycles. The van der Waals surface area contributed by atoms with Gasteiger partial charge in [-0.2, -0.15) is 0 Å².